The zero-order valence-corrected chi connectivity index (χ0v) is 13.4. The number of aliphatic hydroxyl groups excluding tert-OH is 1. The minimum Gasteiger partial charge on any atom is -0.481 e. The molecule has 0 aromatic heterocycles. The normalized spacial score (nSPS) is 14.5. The Labute approximate surface area is 144 Å². The molecule has 1 atom stereocenters. The molecular weight excluding hydrogens is 322 g/mol. The number of hydrogen-bond acceptors (Lipinski definition) is 4. The summed E-state index contributed by atoms with van der Waals surface area (Å²) in [6.45, 7) is -0.124. The third kappa shape index (κ3) is 3.44. The average molecular weight is 339 g/mol. The molecule has 2 N–H and O–H groups in total. The molecule has 2 aromatic rings. The number of β-amino-alcohol motifs (C(OH)–C–C–N with tert-alkyl or cyclic N) is 1. The van der Waals surface area contributed by atoms with E-state index < -0.39 is 23.9 Å². The lowest BCUT2D eigenvalue weighted by atomic mass is 10.0. The van der Waals surface area contributed by atoms with Gasteiger partial charge in [-0.2, -0.15) is 0 Å². The van der Waals surface area contributed by atoms with Crippen LogP contribution in [0.15, 0.2) is 48.5 Å². The van der Waals surface area contributed by atoms with Gasteiger partial charge in [0.1, 0.15) is 0 Å². The number of fused-ring (bicyclic) bond motifs is 1. The largest absolute Gasteiger partial charge is 0.481 e. The molecule has 6 heteroatoms. The third-order valence-electron chi connectivity index (χ3n) is 4.23. The Kier molecular flexibility index (Phi) is 4.63. The van der Waals surface area contributed by atoms with Crippen LogP contribution in [0.5, 0.6) is 0 Å². The number of aliphatic hydroxyl groups is 1. The number of hydrogen-bond donors (Lipinski definition) is 2. The summed E-state index contributed by atoms with van der Waals surface area (Å²) in [4.78, 5) is 36.3. The average Bonchev–Trinajstić information content (AvgIpc) is 2.85. The summed E-state index contributed by atoms with van der Waals surface area (Å²) in [6, 6.07) is 13.4. The van der Waals surface area contributed by atoms with Gasteiger partial charge in [-0.3, -0.25) is 19.3 Å². The van der Waals surface area contributed by atoms with Gasteiger partial charge in [-0.15, -0.1) is 0 Å². The monoisotopic (exact) mass is 339 g/mol. The van der Waals surface area contributed by atoms with E-state index in [9.17, 15) is 19.5 Å². The summed E-state index contributed by atoms with van der Waals surface area (Å²) in [6.07, 6.45) is -0.558. The first-order valence-corrected chi connectivity index (χ1v) is 7.91. The molecule has 2 amide bonds. The maximum absolute atomic E-state index is 12.3. The van der Waals surface area contributed by atoms with Gasteiger partial charge in [-0.05, 0) is 29.7 Å². The van der Waals surface area contributed by atoms with Crippen molar-refractivity contribution < 1.29 is 24.6 Å². The maximum Gasteiger partial charge on any atom is 0.303 e. The van der Waals surface area contributed by atoms with Crippen LogP contribution in [0.3, 0.4) is 0 Å². The fourth-order valence-electron chi connectivity index (χ4n) is 2.84. The standard InChI is InChI=1S/C19H17NO5/c21-16(13-8-5-12(6-9-13)7-10-17(22)23)11-20-18(24)14-3-1-2-4-15(14)19(20)25/h1-6,8-9,16,21H,7,10-11H2,(H,22,23). The molecule has 0 spiro atoms. The summed E-state index contributed by atoms with van der Waals surface area (Å²) in [7, 11) is 0. The zero-order valence-electron chi connectivity index (χ0n) is 13.4. The number of carboxylic acid groups (broad SMARTS) is 1. The van der Waals surface area contributed by atoms with E-state index in [1.165, 1.54) is 0 Å². The van der Waals surface area contributed by atoms with Crippen molar-refractivity contribution in [3.8, 4) is 0 Å². The SMILES string of the molecule is O=C(O)CCc1ccc(C(O)CN2C(=O)c3ccccc3C2=O)cc1. The van der Waals surface area contributed by atoms with Crippen molar-refractivity contribution >= 4 is 17.8 Å². The number of aryl methyl sites for hydroxylation is 1. The van der Waals surface area contributed by atoms with Gasteiger partial charge in [0, 0.05) is 6.42 Å². The van der Waals surface area contributed by atoms with Crippen molar-refractivity contribution in [2.75, 3.05) is 6.54 Å². The minimum absolute atomic E-state index is 0.0386. The quantitative estimate of drug-likeness (QED) is 0.785. The Bertz CT molecular complexity index is 793. The van der Waals surface area contributed by atoms with Crippen molar-refractivity contribution in [1.29, 1.82) is 0 Å². The molecule has 1 aliphatic heterocycles. The summed E-state index contributed by atoms with van der Waals surface area (Å²) >= 11 is 0. The number of rotatable bonds is 6. The molecule has 1 aliphatic rings. The van der Waals surface area contributed by atoms with Crippen LogP contribution in [0.2, 0.25) is 0 Å². The second kappa shape index (κ2) is 6.86. The van der Waals surface area contributed by atoms with Crippen molar-refractivity contribution in [2.24, 2.45) is 0 Å². The number of carbonyl (C=O) groups is 3. The Morgan fingerprint density at radius 2 is 1.52 bits per heavy atom. The molecule has 0 aliphatic carbocycles. The first-order valence-electron chi connectivity index (χ1n) is 7.91. The lowest BCUT2D eigenvalue weighted by Gasteiger charge is -2.19. The van der Waals surface area contributed by atoms with Gasteiger partial charge in [0.25, 0.3) is 11.8 Å². The van der Waals surface area contributed by atoms with E-state index in [2.05, 4.69) is 0 Å². The van der Waals surface area contributed by atoms with E-state index in [4.69, 9.17) is 5.11 Å². The fourth-order valence-corrected chi connectivity index (χ4v) is 2.84. The molecule has 0 saturated carbocycles. The lowest BCUT2D eigenvalue weighted by molar-refractivity contribution is -0.136. The van der Waals surface area contributed by atoms with Gasteiger partial charge in [-0.1, -0.05) is 36.4 Å². The van der Waals surface area contributed by atoms with Crippen LogP contribution in [-0.2, 0) is 11.2 Å². The van der Waals surface area contributed by atoms with E-state index in [1.54, 1.807) is 48.5 Å². The smallest absolute Gasteiger partial charge is 0.303 e. The van der Waals surface area contributed by atoms with Crippen molar-refractivity contribution in [3.63, 3.8) is 0 Å². The van der Waals surface area contributed by atoms with Gasteiger partial charge in [0.15, 0.2) is 0 Å². The van der Waals surface area contributed by atoms with Crippen molar-refractivity contribution in [1.82, 2.24) is 4.90 Å². The lowest BCUT2D eigenvalue weighted by Crippen LogP contribution is -2.33. The Morgan fingerprint density at radius 3 is 2.04 bits per heavy atom. The van der Waals surface area contributed by atoms with Crippen LogP contribution in [0.1, 0.15) is 44.4 Å². The summed E-state index contributed by atoms with van der Waals surface area (Å²) in [5, 5.41) is 19.1. The van der Waals surface area contributed by atoms with Gasteiger partial charge in [0.2, 0.25) is 0 Å². The highest BCUT2D eigenvalue weighted by molar-refractivity contribution is 6.21. The fraction of sp³-hybridized carbons (Fsp3) is 0.211. The molecular formula is C19H17NO5. The second-order valence-corrected chi connectivity index (χ2v) is 5.92. The van der Waals surface area contributed by atoms with Gasteiger partial charge in [-0.25, -0.2) is 0 Å². The summed E-state index contributed by atoms with van der Waals surface area (Å²) < 4.78 is 0. The first-order chi connectivity index (χ1) is 12.0. The topological polar surface area (TPSA) is 94.9 Å². The predicted octanol–water partition coefficient (Wildman–Crippen LogP) is 2.03. The molecule has 1 heterocycles. The molecule has 128 valence electrons. The minimum atomic E-state index is -1.00. The van der Waals surface area contributed by atoms with Crippen LogP contribution in [0, 0.1) is 0 Å². The highest BCUT2D eigenvalue weighted by Crippen LogP contribution is 2.25. The first kappa shape index (κ1) is 16.9. The third-order valence-corrected chi connectivity index (χ3v) is 4.23. The molecule has 0 saturated heterocycles. The highest BCUT2D eigenvalue weighted by atomic mass is 16.4. The summed E-state index contributed by atoms with van der Waals surface area (Å²) in [5.74, 6) is -1.68. The molecule has 25 heavy (non-hydrogen) atoms. The molecule has 0 bridgehead atoms. The zero-order chi connectivity index (χ0) is 18.0. The number of carboxylic acids is 1. The number of imide groups is 1. The van der Waals surface area contributed by atoms with Crippen LogP contribution in [-0.4, -0.2) is 39.4 Å². The maximum atomic E-state index is 12.3. The van der Waals surface area contributed by atoms with Gasteiger partial charge < -0.3 is 10.2 Å². The van der Waals surface area contributed by atoms with E-state index >= 15 is 0 Å². The number of carbonyl (C=O) groups excluding carboxylic acids is 2. The predicted molar refractivity (Wildman–Crippen MR) is 89.2 cm³/mol. The van der Waals surface area contributed by atoms with E-state index in [-0.39, 0.29) is 13.0 Å². The van der Waals surface area contributed by atoms with E-state index in [0.717, 1.165) is 10.5 Å². The Hall–Kier alpha value is -2.99. The van der Waals surface area contributed by atoms with Crippen LogP contribution >= 0.6 is 0 Å². The Morgan fingerprint density at radius 1 is 0.960 bits per heavy atom. The molecule has 0 radical (unpaired) electrons. The van der Waals surface area contributed by atoms with Gasteiger partial charge in [0.05, 0.1) is 23.8 Å². The molecule has 2 aromatic carbocycles. The van der Waals surface area contributed by atoms with E-state index in [1.807, 2.05) is 0 Å². The van der Waals surface area contributed by atoms with Crippen molar-refractivity contribution in [2.45, 2.75) is 18.9 Å². The highest BCUT2D eigenvalue weighted by Gasteiger charge is 2.36. The molecule has 6 nitrogen and oxygen atoms in total. The summed E-state index contributed by atoms with van der Waals surface area (Å²) in [5.41, 5.74) is 2.11. The molecule has 3 rings (SSSR count). The molecule has 1 unspecified atom stereocenters. The number of amides is 2. The molecule has 0 fully saturated rings. The van der Waals surface area contributed by atoms with Crippen LogP contribution in [0.25, 0.3) is 0 Å². The Balaban J connectivity index is 1.69. The van der Waals surface area contributed by atoms with Crippen molar-refractivity contribution in [3.05, 3.63) is 70.8 Å². The number of benzene rings is 2. The van der Waals surface area contributed by atoms with Crippen LogP contribution in [0.4, 0.5) is 0 Å². The van der Waals surface area contributed by atoms with Crippen LogP contribution < -0.4 is 0 Å². The number of aliphatic carboxylic acids is 1. The van der Waals surface area contributed by atoms with Gasteiger partial charge >= 0.3 is 5.97 Å². The second-order valence-electron chi connectivity index (χ2n) is 5.92. The number of nitrogens with zero attached hydrogens (tertiary/aromatic N) is 1. The van der Waals surface area contributed by atoms with E-state index in [0.29, 0.717) is 23.1 Å².